The lowest BCUT2D eigenvalue weighted by atomic mass is 10.0. The van der Waals surface area contributed by atoms with Crippen LogP contribution in [0.5, 0.6) is 0 Å². The van der Waals surface area contributed by atoms with E-state index in [4.69, 9.17) is 16.0 Å². The van der Waals surface area contributed by atoms with Gasteiger partial charge >= 0.3 is 0 Å². The van der Waals surface area contributed by atoms with Crippen LogP contribution in [0.1, 0.15) is 53.0 Å². The molecule has 3 aromatic rings. The van der Waals surface area contributed by atoms with E-state index in [-0.39, 0.29) is 11.9 Å². The first-order valence-corrected chi connectivity index (χ1v) is 9.34. The summed E-state index contributed by atoms with van der Waals surface area (Å²) in [7, 11) is 0. The molecule has 138 valence electrons. The Balaban J connectivity index is 1.54. The number of hydrogen-bond donors (Lipinski definition) is 0. The zero-order valence-corrected chi connectivity index (χ0v) is 15.5. The first kappa shape index (κ1) is 17.7. The standard InChI is InChI=1S/C20H19ClN4O2/c21-15-5-3-4-14(10-15)11-16-12-24-19(27-16)18-6-1-2-9-25(18)20(26)17-13-22-7-8-23-17/h3-5,7-8,10,12-13,18H,1-2,6,9,11H2/t18-/m0/s1. The van der Waals surface area contributed by atoms with Gasteiger partial charge in [-0.15, -0.1) is 0 Å². The number of amides is 1. The van der Waals surface area contributed by atoms with Crippen LogP contribution in [0, 0.1) is 0 Å². The second-order valence-electron chi connectivity index (χ2n) is 6.57. The lowest BCUT2D eigenvalue weighted by Gasteiger charge is -2.33. The molecule has 2 aromatic heterocycles. The number of carbonyl (C=O) groups is 1. The van der Waals surface area contributed by atoms with Gasteiger partial charge in [0.1, 0.15) is 17.5 Å². The first-order chi connectivity index (χ1) is 13.2. The van der Waals surface area contributed by atoms with E-state index >= 15 is 0 Å². The lowest BCUT2D eigenvalue weighted by molar-refractivity contribution is 0.0563. The van der Waals surface area contributed by atoms with Gasteiger partial charge in [0.15, 0.2) is 0 Å². The zero-order chi connectivity index (χ0) is 18.6. The Morgan fingerprint density at radius 2 is 2.15 bits per heavy atom. The van der Waals surface area contributed by atoms with Crippen molar-refractivity contribution in [2.75, 3.05) is 6.54 Å². The highest BCUT2D eigenvalue weighted by molar-refractivity contribution is 6.30. The predicted octanol–water partition coefficient (Wildman–Crippen LogP) is 4.08. The second-order valence-corrected chi connectivity index (χ2v) is 7.01. The van der Waals surface area contributed by atoms with E-state index in [2.05, 4.69) is 15.0 Å². The molecular weight excluding hydrogens is 364 g/mol. The number of benzene rings is 1. The molecule has 0 radical (unpaired) electrons. The van der Waals surface area contributed by atoms with Crippen molar-refractivity contribution in [1.29, 1.82) is 0 Å². The number of carbonyl (C=O) groups excluding carboxylic acids is 1. The summed E-state index contributed by atoms with van der Waals surface area (Å²) in [5.41, 5.74) is 1.40. The summed E-state index contributed by atoms with van der Waals surface area (Å²) in [6.45, 7) is 0.659. The Morgan fingerprint density at radius 3 is 2.96 bits per heavy atom. The van der Waals surface area contributed by atoms with Crippen molar-refractivity contribution in [2.45, 2.75) is 31.7 Å². The van der Waals surface area contributed by atoms with Crippen molar-refractivity contribution in [2.24, 2.45) is 0 Å². The molecule has 1 fully saturated rings. The Kier molecular flexibility index (Phi) is 5.16. The molecule has 6 nitrogen and oxygen atoms in total. The largest absolute Gasteiger partial charge is 0.443 e. The smallest absolute Gasteiger partial charge is 0.274 e. The van der Waals surface area contributed by atoms with Crippen LogP contribution in [0.2, 0.25) is 5.02 Å². The first-order valence-electron chi connectivity index (χ1n) is 8.97. The number of halogens is 1. The Bertz CT molecular complexity index is 928. The van der Waals surface area contributed by atoms with Gasteiger partial charge in [-0.3, -0.25) is 9.78 Å². The molecule has 1 aliphatic heterocycles. The van der Waals surface area contributed by atoms with Crippen LogP contribution in [0.4, 0.5) is 0 Å². The normalized spacial score (nSPS) is 17.1. The van der Waals surface area contributed by atoms with E-state index in [0.717, 1.165) is 30.6 Å². The van der Waals surface area contributed by atoms with Gasteiger partial charge in [0, 0.05) is 30.4 Å². The van der Waals surface area contributed by atoms with E-state index in [9.17, 15) is 4.79 Å². The summed E-state index contributed by atoms with van der Waals surface area (Å²) in [4.78, 5) is 27.2. The molecule has 1 saturated heterocycles. The van der Waals surface area contributed by atoms with Gasteiger partial charge in [0.05, 0.1) is 12.4 Å². The molecule has 1 atom stereocenters. The number of rotatable bonds is 4. The molecule has 1 aromatic carbocycles. The molecule has 0 unspecified atom stereocenters. The average Bonchev–Trinajstić information content (AvgIpc) is 3.16. The zero-order valence-electron chi connectivity index (χ0n) is 14.7. The van der Waals surface area contributed by atoms with E-state index in [1.54, 1.807) is 17.3 Å². The molecule has 0 saturated carbocycles. The third kappa shape index (κ3) is 4.01. The molecule has 1 aliphatic rings. The number of oxazole rings is 1. The van der Waals surface area contributed by atoms with Crippen molar-refractivity contribution in [3.05, 3.63) is 77.0 Å². The third-order valence-electron chi connectivity index (χ3n) is 4.67. The van der Waals surface area contributed by atoms with Gasteiger partial charge in [0.2, 0.25) is 5.89 Å². The Hall–Kier alpha value is -2.73. The quantitative estimate of drug-likeness (QED) is 0.679. The topological polar surface area (TPSA) is 72.1 Å². The molecular formula is C20H19ClN4O2. The number of aromatic nitrogens is 3. The molecule has 7 heteroatoms. The van der Waals surface area contributed by atoms with Gasteiger partial charge in [-0.05, 0) is 37.0 Å². The van der Waals surface area contributed by atoms with E-state index in [0.29, 0.717) is 29.6 Å². The van der Waals surface area contributed by atoms with Crippen LogP contribution in [-0.2, 0) is 6.42 Å². The minimum Gasteiger partial charge on any atom is -0.443 e. The van der Waals surface area contributed by atoms with Crippen molar-refractivity contribution in [3.63, 3.8) is 0 Å². The van der Waals surface area contributed by atoms with Crippen LogP contribution >= 0.6 is 11.6 Å². The van der Waals surface area contributed by atoms with Gasteiger partial charge < -0.3 is 9.32 Å². The minimum atomic E-state index is -0.179. The van der Waals surface area contributed by atoms with Crippen LogP contribution in [0.15, 0.2) is 53.5 Å². The summed E-state index contributed by atoms with van der Waals surface area (Å²) < 4.78 is 6.00. The van der Waals surface area contributed by atoms with Crippen molar-refractivity contribution < 1.29 is 9.21 Å². The summed E-state index contributed by atoms with van der Waals surface area (Å²) in [5.74, 6) is 1.19. The molecule has 0 aliphatic carbocycles. The molecule has 0 N–H and O–H groups in total. The van der Waals surface area contributed by atoms with Crippen molar-refractivity contribution in [1.82, 2.24) is 19.9 Å². The van der Waals surface area contributed by atoms with E-state index < -0.39 is 0 Å². The SMILES string of the molecule is O=C(c1cnccn1)N1CCCC[C@H]1c1ncc(Cc2cccc(Cl)c2)o1. The maximum atomic E-state index is 12.9. The van der Waals surface area contributed by atoms with Gasteiger partial charge in [0.25, 0.3) is 5.91 Å². The van der Waals surface area contributed by atoms with Gasteiger partial charge in [-0.1, -0.05) is 23.7 Å². The van der Waals surface area contributed by atoms with Crippen LogP contribution < -0.4 is 0 Å². The molecule has 0 spiro atoms. The number of piperidine rings is 1. The fourth-order valence-corrected chi connectivity index (χ4v) is 3.61. The number of hydrogen-bond acceptors (Lipinski definition) is 5. The van der Waals surface area contributed by atoms with Crippen molar-refractivity contribution >= 4 is 17.5 Å². The van der Waals surface area contributed by atoms with Gasteiger partial charge in [-0.25, -0.2) is 9.97 Å². The van der Waals surface area contributed by atoms with Crippen molar-refractivity contribution in [3.8, 4) is 0 Å². The minimum absolute atomic E-state index is 0.137. The average molecular weight is 383 g/mol. The predicted molar refractivity (Wildman–Crippen MR) is 100 cm³/mol. The summed E-state index contributed by atoms with van der Waals surface area (Å²) in [5, 5.41) is 0.695. The highest BCUT2D eigenvalue weighted by Gasteiger charge is 2.32. The maximum absolute atomic E-state index is 12.9. The number of likely N-dealkylation sites (tertiary alicyclic amines) is 1. The second kappa shape index (κ2) is 7.88. The number of nitrogens with zero attached hydrogens (tertiary/aromatic N) is 4. The maximum Gasteiger partial charge on any atom is 0.274 e. The fourth-order valence-electron chi connectivity index (χ4n) is 3.39. The molecule has 0 bridgehead atoms. The Morgan fingerprint density at radius 1 is 1.22 bits per heavy atom. The lowest BCUT2D eigenvalue weighted by Crippen LogP contribution is -2.39. The molecule has 3 heterocycles. The van der Waals surface area contributed by atoms with Gasteiger partial charge in [-0.2, -0.15) is 0 Å². The molecule has 4 rings (SSSR count). The molecule has 27 heavy (non-hydrogen) atoms. The monoisotopic (exact) mass is 382 g/mol. The summed E-state index contributed by atoms with van der Waals surface area (Å²) >= 11 is 6.05. The highest BCUT2D eigenvalue weighted by atomic mass is 35.5. The summed E-state index contributed by atoms with van der Waals surface area (Å²) in [6.07, 6.45) is 9.73. The molecule has 1 amide bonds. The van der Waals surface area contributed by atoms with Crippen LogP contribution in [-0.4, -0.2) is 32.3 Å². The highest BCUT2D eigenvalue weighted by Crippen LogP contribution is 2.32. The van der Waals surface area contributed by atoms with E-state index in [1.165, 1.54) is 12.4 Å². The van der Waals surface area contributed by atoms with E-state index in [1.807, 2.05) is 24.3 Å². The van der Waals surface area contributed by atoms with Crippen LogP contribution in [0.25, 0.3) is 0 Å². The van der Waals surface area contributed by atoms with Crippen LogP contribution in [0.3, 0.4) is 0 Å². The third-order valence-corrected chi connectivity index (χ3v) is 4.90. The Labute approximate surface area is 162 Å². The summed E-state index contributed by atoms with van der Waals surface area (Å²) in [6, 6.07) is 7.49. The fraction of sp³-hybridized carbons (Fsp3) is 0.300.